The Labute approximate surface area is 90.7 Å². The van der Waals surface area contributed by atoms with Crippen LogP contribution >= 0.6 is 11.6 Å². The molecule has 1 nitrogen and oxygen atoms in total. The quantitative estimate of drug-likeness (QED) is 0.677. The number of aryl methyl sites for hydroxylation is 1. The van der Waals surface area contributed by atoms with Crippen molar-refractivity contribution in [2.75, 3.05) is 19.0 Å². The molecule has 0 fully saturated rings. The third-order valence-electron chi connectivity index (χ3n) is 2.83. The maximum absolute atomic E-state index is 5.77. The number of alkyl halides is 1. The van der Waals surface area contributed by atoms with Gasteiger partial charge in [-0.15, -0.1) is 11.6 Å². The molecule has 0 radical (unpaired) electrons. The first kappa shape index (κ1) is 10.0. The second-order valence-corrected chi connectivity index (χ2v) is 4.22. The molecule has 0 spiro atoms. The predicted molar refractivity (Wildman–Crippen MR) is 60.8 cm³/mol. The molecular formula is C12H16ClN. The zero-order valence-corrected chi connectivity index (χ0v) is 9.13. The van der Waals surface area contributed by atoms with Gasteiger partial charge in [0.15, 0.2) is 0 Å². The summed E-state index contributed by atoms with van der Waals surface area (Å²) in [4.78, 5) is 2.44. The van der Waals surface area contributed by atoms with Crippen molar-refractivity contribution in [2.24, 2.45) is 0 Å². The van der Waals surface area contributed by atoms with E-state index in [2.05, 4.69) is 29.2 Å². The van der Waals surface area contributed by atoms with Gasteiger partial charge in [0.25, 0.3) is 0 Å². The molecule has 0 amide bonds. The molecule has 14 heavy (non-hydrogen) atoms. The highest BCUT2D eigenvalue weighted by molar-refractivity contribution is 6.18. The number of hydrogen-bond acceptors (Lipinski definition) is 1. The second-order valence-electron chi connectivity index (χ2n) is 3.84. The molecule has 0 aromatic heterocycles. The van der Waals surface area contributed by atoms with E-state index in [1.165, 1.54) is 30.5 Å². The number of benzene rings is 1. The van der Waals surface area contributed by atoms with Gasteiger partial charge in [0.1, 0.15) is 0 Å². The first-order chi connectivity index (χ1) is 6.90. The van der Waals surface area contributed by atoms with Gasteiger partial charge in [0.2, 0.25) is 0 Å². The number of nitrogens with zero attached hydrogens (tertiary/aromatic N) is 1. The standard InChI is InChI=1S/C12H16ClN/c13-7-9-14-8-3-6-11-4-1-2-5-12(11)10-14/h1-2,4-5H,3,6-10H2. The Balaban J connectivity index is 2.14. The second kappa shape index (κ2) is 4.81. The molecule has 0 aliphatic carbocycles. The van der Waals surface area contributed by atoms with E-state index in [-0.39, 0.29) is 0 Å². The average molecular weight is 210 g/mol. The van der Waals surface area contributed by atoms with Crippen LogP contribution in [-0.2, 0) is 13.0 Å². The molecule has 0 atom stereocenters. The topological polar surface area (TPSA) is 3.24 Å². The van der Waals surface area contributed by atoms with Crippen LogP contribution in [0.3, 0.4) is 0 Å². The summed E-state index contributed by atoms with van der Waals surface area (Å²) < 4.78 is 0. The molecule has 0 bridgehead atoms. The summed E-state index contributed by atoms with van der Waals surface area (Å²) >= 11 is 5.77. The highest BCUT2D eigenvalue weighted by Gasteiger charge is 2.12. The van der Waals surface area contributed by atoms with Crippen LogP contribution < -0.4 is 0 Å². The summed E-state index contributed by atoms with van der Waals surface area (Å²) in [6.07, 6.45) is 2.48. The Morgan fingerprint density at radius 1 is 1.21 bits per heavy atom. The van der Waals surface area contributed by atoms with Crippen LogP contribution in [0.4, 0.5) is 0 Å². The van der Waals surface area contributed by atoms with E-state index in [9.17, 15) is 0 Å². The van der Waals surface area contributed by atoms with Gasteiger partial charge in [-0.05, 0) is 30.5 Å². The van der Waals surface area contributed by atoms with Gasteiger partial charge in [-0.1, -0.05) is 24.3 Å². The van der Waals surface area contributed by atoms with Crippen molar-refractivity contribution >= 4 is 11.6 Å². The maximum Gasteiger partial charge on any atom is 0.0351 e. The fraction of sp³-hybridized carbons (Fsp3) is 0.500. The minimum atomic E-state index is 0.738. The lowest BCUT2D eigenvalue weighted by Gasteiger charge is -2.18. The van der Waals surface area contributed by atoms with Gasteiger partial charge in [0.05, 0.1) is 0 Å². The van der Waals surface area contributed by atoms with Crippen molar-refractivity contribution in [3.63, 3.8) is 0 Å². The van der Waals surface area contributed by atoms with E-state index in [4.69, 9.17) is 11.6 Å². The van der Waals surface area contributed by atoms with Crippen molar-refractivity contribution in [3.05, 3.63) is 35.4 Å². The normalized spacial score (nSPS) is 17.5. The summed E-state index contributed by atoms with van der Waals surface area (Å²) in [7, 11) is 0. The van der Waals surface area contributed by atoms with Crippen LogP contribution in [0.1, 0.15) is 17.5 Å². The van der Waals surface area contributed by atoms with E-state index in [1.54, 1.807) is 0 Å². The van der Waals surface area contributed by atoms with Crippen LogP contribution in [-0.4, -0.2) is 23.9 Å². The lowest BCUT2D eigenvalue weighted by Crippen LogP contribution is -2.25. The fourth-order valence-corrected chi connectivity index (χ4v) is 2.32. The number of hydrogen-bond donors (Lipinski definition) is 0. The first-order valence-electron chi connectivity index (χ1n) is 5.25. The highest BCUT2D eigenvalue weighted by atomic mass is 35.5. The van der Waals surface area contributed by atoms with Crippen LogP contribution in [0, 0.1) is 0 Å². The molecular weight excluding hydrogens is 194 g/mol. The largest absolute Gasteiger partial charge is 0.298 e. The zero-order chi connectivity index (χ0) is 9.80. The van der Waals surface area contributed by atoms with Crippen molar-refractivity contribution in [3.8, 4) is 0 Å². The van der Waals surface area contributed by atoms with Crippen molar-refractivity contribution in [1.82, 2.24) is 4.90 Å². The Kier molecular flexibility index (Phi) is 3.44. The van der Waals surface area contributed by atoms with Crippen molar-refractivity contribution in [2.45, 2.75) is 19.4 Å². The first-order valence-corrected chi connectivity index (χ1v) is 5.78. The molecule has 0 N–H and O–H groups in total. The Bertz CT molecular complexity index is 298. The Hall–Kier alpha value is -0.530. The number of rotatable bonds is 2. The van der Waals surface area contributed by atoms with E-state index < -0.39 is 0 Å². The van der Waals surface area contributed by atoms with E-state index in [1.807, 2.05) is 0 Å². The summed E-state index contributed by atoms with van der Waals surface area (Å²) in [5.41, 5.74) is 3.00. The molecule has 2 rings (SSSR count). The van der Waals surface area contributed by atoms with Gasteiger partial charge < -0.3 is 0 Å². The molecule has 1 aliphatic heterocycles. The molecule has 0 unspecified atom stereocenters. The van der Waals surface area contributed by atoms with E-state index in [0.717, 1.165) is 19.0 Å². The number of halogens is 1. The predicted octanol–water partition coefficient (Wildman–Crippen LogP) is 2.67. The van der Waals surface area contributed by atoms with E-state index >= 15 is 0 Å². The molecule has 1 aromatic rings. The highest BCUT2D eigenvalue weighted by Crippen LogP contribution is 2.17. The smallest absolute Gasteiger partial charge is 0.0351 e. The summed E-state index contributed by atoms with van der Waals surface area (Å²) in [6.45, 7) is 3.26. The third kappa shape index (κ3) is 2.28. The molecule has 1 aromatic carbocycles. The van der Waals surface area contributed by atoms with Crippen LogP contribution in [0.2, 0.25) is 0 Å². The Morgan fingerprint density at radius 3 is 2.79 bits per heavy atom. The van der Waals surface area contributed by atoms with Crippen LogP contribution in [0.5, 0.6) is 0 Å². The molecule has 1 aliphatic rings. The lowest BCUT2D eigenvalue weighted by molar-refractivity contribution is 0.286. The molecule has 76 valence electrons. The lowest BCUT2D eigenvalue weighted by atomic mass is 10.0. The average Bonchev–Trinajstić information content (AvgIpc) is 2.40. The summed E-state index contributed by atoms with van der Waals surface area (Å²) in [5.74, 6) is 0.738. The minimum Gasteiger partial charge on any atom is -0.298 e. The van der Waals surface area contributed by atoms with Gasteiger partial charge in [-0.3, -0.25) is 4.90 Å². The van der Waals surface area contributed by atoms with Crippen molar-refractivity contribution < 1.29 is 0 Å². The van der Waals surface area contributed by atoms with Gasteiger partial charge in [-0.2, -0.15) is 0 Å². The third-order valence-corrected chi connectivity index (χ3v) is 3.00. The van der Waals surface area contributed by atoms with Gasteiger partial charge in [0, 0.05) is 19.0 Å². The summed E-state index contributed by atoms with van der Waals surface area (Å²) in [6, 6.07) is 8.75. The summed E-state index contributed by atoms with van der Waals surface area (Å²) in [5, 5.41) is 0. The molecule has 0 saturated carbocycles. The zero-order valence-electron chi connectivity index (χ0n) is 8.38. The van der Waals surface area contributed by atoms with Crippen LogP contribution in [0.25, 0.3) is 0 Å². The molecule has 0 saturated heterocycles. The number of fused-ring (bicyclic) bond motifs is 1. The SMILES string of the molecule is ClCCN1CCCc2ccccc2C1. The van der Waals surface area contributed by atoms with Gasteiger partial charge in [-0.25, -0.2) is 0 Å². The van der Waals surface area contributed by atoms with Crippen molar-refractivity contribution in [1.29, 1.82) is 0 Å². The fourth-order valence-electron chi connectivity index (χ4n) is 2.08. The minimum absolute atomic E-state index is 0.738. The Morgan fingerprint density at radius 2 is 2.00 bits per heavy atom. The monoisotopic (exact) mass is 209 g/mol. The maximum atomic E-state index is 5.77. The molecule has 1 heterocycles. The van der Waals surface area contributed by atoms with Gasteiger partial charge >= 0.3 is 0 Å². The van der Waals surface area contributed by atoms with E-state index in [0.29, 0.717) is 0 Å². The van der Waals surface area contributed by atoms with Crippen LogP contribution in [0.15, 0.2) is 24.3 Å². The molecule has 2 heteroatoms.